The summed E-state index contributed by atoms with van der Waals surface area (Å²) in [5.41, 5.74) is 5.50. The van der Waals surface area contributed by atoms with Crippen molar-refractivity contribution in [3.63, 3.8) is 0 Å². The van der Waals surface area contributed by atoms with Gasteiger partial charge in [0.15, 0.2) is 0 Å². The van der Waals surface area contributed by atoms with Gasteiger partial charge in [-0.2, -0.15) is 0 Å². The van der Waals surface area contributed by atoms with Gasteiger partial charge in [-0.1, -0.05) is 6.07 Å². The number of carbonyl (C=O) groups is 2. The summed E-state index contributed by atoms with van der Waals surface area (Å²) in [4.78, 5) is 24.1. The molecule has 0 aliphatic heterocycles. The highest BCUT2D eigenvalue weighted by Gasteiger charge is 2.17. The van der Waals surface area contributed by atoms with E-state index in [1.807, 2.05) is 0 Å². The summed E-state index contributed by atoms with van der Waals surface area (Å²) < 4.78 is 12.9. The molecule has 0 bridgehead atoms. The van der Waals surface area contributed by atoms with E-state index >= 15 is 0 Å². The molecule has 0 fully saturated rings. The molecule has 1 aromatic carbocycles. The molecule has 0 aliphatic carbocycles. The molecule has 1 atom stereocenters. The molecular weight excluding hydrogens is 237 g/mol. The SMILES string of the molecule is C[C@H](C(N)=O)N(C)CC(=O)Nc1cccc(F)c1. The van der Waals surface area contributed by atoms with Crippen molar-refractivity contribution in [2.24, 2.45) is 5.73 Å². The van der Waals surface area contributed by atoms with Crippen molar-refractivity contribution < 1.29 is 14.0 Å². The third kappa shape index (κ3) is 4.14. The smallest absolute Gasteiger partial charge is 0.238 e. The normalized spacial score (nSPS) is 12.2. The summed E-state index contributed by atoms with van der Waals surface area (Å²) in [7, 11) is 1.61. The molecular formula is C12H16FN3O2. The number of carbonyl (C=O) groups excluding carboxylic acids is 2. The fourth-order valence-electron chi connectivity index (χ4n) is 1.35. The lowest BCUT2D eigenvalue weighted by molar-refractivity contribution is -0.123. The first-order valence-electron chi connectivity index (χ1n) is 5.45. The van der Waals surface area contributed by atoms with Crippen LogP contribution in [0.25, 0.3) is 0 Å². The summed E-state index contributed by atoms with van der Waals surface area (Å²) in [6, 6.07) is 5.05. The number of nitrogens with one attached hydrogen (secondary N) is 1. The van der Waals surface area contributed by atoms with Gasteiger partial charge in [0.2, 0.25) is 11.8 Å². The standard InChI is InChI=1S/C12H16FN3O2/c1-8(12(14)18)16(2)7-11(17)15-10-5-3-4-9(13)6-10/h3-6,8H,7H2,1-2H3,(H2,14,18)(H,15,17)/t8-/m1/s1. The summed E-state index contributed by atoms with van der Waals surface area (Å²) in [5, 5.41) is 2.53. The van der Waals surface area contributed by atoms with E-state index in [0.717, 1.165) is 0 Å². The van der Waals surface area contributed by atoms with Crippen molar-refractivity contribution in [2.45, 2.75) is 13.0 Å². The quantitative estimate of drug-likeness (QED) is 0.805. The Hall–Kier alpha value is -1.95. The molecule has 1 rings (SSSR count). The molecule has 5 nitrogen and oxygen atoms in total. The van der Waals surface area contributed by atoms with Gasteiger partial charge in [-0.15, -0.1) is 0 Å². The van der Waals surface area contributed by atoms with Crippen molar-refractivity contribution in [1.29, 1.82) is 0 Å². The molecule has 0 saturated carbocycles. The van der Waals surface area contributed by atoms with Crippen LogP contribution in [0.5, 0.6) is 0 Å². The zero-order chi connectivity index (χ0) is 13.7. The minimum absolute atomic E-state index is 0.000615. The molecule has 0 saturated heterocycles. The van der Waals surface area contributed by atoms with Crippen molar-refractivity contribution in [1.82, 2.24) is 4.90 Å². The highest BCUT2D eigenvalue weighted by molar-refractivity contribution is 5.92. The fourth-order valence-corrected chi connectivity index (χ4v) is 1.35. The van der Waals surface area contributed by atoms with Crippen LogP contribution in [0, 0.1) is 5.82 Å². The van der Waals surface area contributed by atoms with Crippen LogP contribution in [0.15, 0.2) is 24.3 Å². The average Bonchev–Trinajstić information content (AvgIpc) is 2.27. The second kappa shape index (κ2) is 6.11. The minimum Gasteiger partial charge on any atom is -0.368 e. The van der Waals surface area contributed by atoms with E-state index in [4.69, 9.17) is 5.73 Å². The van der Waals surface area contributed by atoms with Crippen LogP contribution in [-0.4, -0.2) is 36.3 Å². The second-order valence-corrected chi connectivity index (χ2v) is 4.05. The van der Waals surface area contributed by atoms with Gasteiger partial charge in [0.25, 0.3) is 0 Å². The zero-order valence-corrected chi connectivity index (χ0v) is 10.3. The van der Waals surface area contributed by atoms with Crippen LogP contribution in [-0.2, 0) is 9.59 Å². The molecule has 0 unspecified atom stereocenters. The summed E-state index contributed by atoms with van der Waals surface area (Å²) >= 11 is 0. The molecule has 0 heterocycles. The largest absolute Gasteiger partial charge is 0.368 e. The van der Waals surface area contributed by atoms with Gasteiger partial charge in [0.05, 0.1) is 12.6 Å². The van der Waals surface area contributed by atoms with Crippen LogP contribution < -0.4 is 11.1 Å². The molecule has 2 amide bonds. The Morgan fingerprint density at radius 1 is 1.50 bits per heavy atom. The second-order valence-electron chi connectivity index (χ2n) is 4.05. The van der Waals surface area contributed by atoms with Crippen molar-refractivity contribution in [3.8, 4) is 0 Å². The Kier molecular flexibility index (Phi) is 4.79. The number of benzene rings is 1. The Balaban J connectivity index is 2.54. The number of anilines is 1. The van der Waals surface area contributed by atoms with Crippen molar-refractivity contribution in [2.75, 3.05) is 18.9 Å². The van der Waals surface area contributed by atoms with Gasteiger partial charge in [0, 0.05) is 5.69 Å². The van der Waals surface area contributed by atoms with E-state index in [9.17, 15) is 14.0 Å². The highest BCUT2D eigenvalue weighted by Crippen LogP contribution is 2.09. The molecule has 98 valence electrons. The third-order valence-corrected chi connectivity index (χ3v) is 2.57. The van der Waals surface area contributed by atoms with Gasteiger partial charge >= 0.3 is 0 Å². The van der Waals surface area contributed by atoms with Crippen molar-refractivity contribution in [3.05, 3.63) is 30.1 Å². The van der Waals surface area contributed by atoms with Crippen LogP contribution >= 0.6 is 0 Å². The third-order valence-electron chi connectivity index (χ3n) is 2.57. The molecule has 1 aromatic rings. The molecule has 0 radical (unpaired) electrons. The summed E-state index contributed by atoms with van der Waals surface area (Å²) in [5.74, 6) is -1.26. The number of amides is 2. The maximum Gasteiger partial charge on any atom is 0.238 e. The maximum absolute atomic E-state index is 12.9. The summed E-state index contributed by atoms with van der Waals surface area (Å²) in [6.45, 7) is 1.61. The molecule has 3 N–H and O–H groups in total. The number of nitrogens with zero attached hydrogens (tertiary/aromatic N) is 1. The van der Waals surface area contributed by atoms with Gasteiger partial charge in [-0.3, -0.25) is 14.5 Å². The number of hydrogen-bond donors (Lipinski definition) is 2. The van der Waals surface area contributed by atoms with Crippen LogP contribution in [0.2, 0.25) is 0 Å². The first-order valence-corrected chi connectivity index (χ1v) is 5.45. The fraction of sp³-hybridized carbons (Fsp3) is 0.333. The maximum atomic E-state index is 12.9. The van der Waals surface area contributed by atoms with Crippen molar-refractivity contribution >= 4 is 17.5 Å². The lowest BCUT2D eigenvalue weighted by atomic mass is 10.2. The Morgan fingerprint density at radius 2 is 2.17 bits per heavy atom. The number of nitrogens with two attached hydrogens (primary N) is 1. The number of rotatable bonds is 5. The molecule has 18 heavy (non-hydrogen) atoms. The van der Waals surface area contributed by atoms with Crippen LogP contribution in [0.4, 0.5) is 10.1 Å². The number of hydrogen-bond acceptors (Lipinski definition) is 3. The molecule has 0 aromatic heterocycles. The first-order chi connectivity index (χ1) is 8.40. The number of primary amides is 1. The summed E-state index contributed by atoms with van der Waals surface area (Å²) in [6.07, 6.45) is 0. The van der Waals surface area contributed by atoms with E-state index in [0.29, 0.717) is 5.69 Å². The average molecular weight is 253 g/mol. The topological polar surface area (TPSA) is 75.4 Å². The van der Waals surface area contributed by atoms with Gasteiger partial charge < -0.3 is 11.1 Å². The van der Waals surface area contributed by atoms with Crippen LogP contribution in [0.3, 0.4) is 0 Å². The molecule has 0 spiro atoms. The predicted molar refractivity (Wildman–Crippen MR) is 66.3 cm³/mol. The number of likely N-dealkylation sites (N-methyl/N-ethyl adjacent to an activating group) is 1. The van der Waals surface area contributed by atoms with Crippen LogP contribution in [0.1, 0.15) is 6.92 Å². The zero-order valence-electron chi connectivity index (χ0n) is 10.3. The highest BCUT2D eigenvalue weighted by atomic mass is 19.1. The van der Waals surface area contributed by atoms with Gasteiger partial charge in [0.1, 0.15) is 5.82 Å². The minimum atomic E-state index is -0.539. The van der Waals surface area contributed by atoms with Gasteiger partial charge in [-0.25, -0.2) is 4.39 Å². The van der Waals surface area contributed by atoms with E-state index in [1.54, 1.807) is 20.0 Å². The van der Waals surface area contributed by atoms with E-state index < -0.39 is 17.8 Å². The number of halogens is 1. The Morgan fingerprint density at radius 3 is 2.72 bits per heavy atom. The van der Waals surface area contributed by atoms with E-state index in [1.165, 1.54) is 23.1 Å². The molecule has 0 aliphatic rings. The Bertz CT molecular complexity index is 451. The lowest BCUT2D eigenvalue weighted by Gasteiger charge is -2.21. The van der Waals surface area contributed by atoms with Gasteiger partial charge in [-0.05, 0) is 32.2 Å². The monoisotopic (exact) mass is 253 g/mol. The predicted octanol–water partition coefficient (Wildman–Crippen LogP) is 0.570. The van der Waals surface area contributed by atoms with E-state index in [2.05, 4.69) is 5.32 Å². The molecule has 6 heteroatoms. The van der Waals surface area contributed by atoms with E-state index in [-0.39, 0.29) is 12.5 Å². The first kappa shape index (κ1) is 14.1. The Labute approximate surface area is 105 Å². The lowest BCUT2D eigenvalue weighted by Crippen LogP contribution is -2.43.